The summed E-state index contributed by atoms with van der Waals surface area (Å²) in [5, 5.41) is 14.4. The van der Waals surface area contributed by atoms with E-state index in [0.717, 1.165) is 37.2 Å². The third kappa shape index (κ3) is 7.66. The Hall–Kier alpha value is -0.860. The number of aliphatic imine (C=N–C) groups is 1. The van der Waals surface area contributed by atoms with Gasteiger partial charge in [-0.15, -0.1) is 34.2 Å². The summed E-state index contributed by atoms with van der Waals surface area (Å²) in [5.41, 5.74) is 0. The van der Waals surface area contributed by atoms with Gasteiger partial charge in [0.1, 0.15) is 12.9 Å². The minimum Gasteiger partial charge on any atom is -0.357 e. The van der Waals surface area contributed by atoms with Crippen LogP contribution >= 0.6 is 24.0 Å². The molecule has 1 aromatic rings. The van der Waals surface area contributed by atoms with Crippen LogP contribution in [-0.4, -0.2) is 33.8 Å². The second-order valence-corrected chi connectivity index (χ2v) is 5.02. The first-order valence-corrected chi connectivity index (χ1v) is 6.98. The summed E-state index contributed by atoms with van der Waals surface area (Å²) in [7, 11) is 1.92. The monoisotopic (exact) mass is 394 g/mol. The SMILES string of the molecule is CCNC(=NCc1nncn1C)NCCCC(C)C.I. The number of guanidine groups is 1. The maximum Gasteiger partial charge on any atom is 0.191 e. The van der Waals surface area contributed by atoms with Crippen molar-refractivity contribution in [2.45, 2.75) is 40.2 Å². The van der Waals surface area contributed by atoms with Crippen molar-refractivity contribution in [1.82, 2.24) is 25.4 Å². The normalized spacial score (nSPS) is 11.3. The van der Waals surface area contributed by atoms with Gasteiger partial charge in [0.15, 0.2) is 11.8 Å². The minimum absolute atomic E-state index is 0. The molecule has 1 aromatic heterocycles. The number of hydrogen-bond donors (Lipinski definition) is 2. The number of halogens is 1. The van der Waals surface area contributed by atoms with Crippen molar-refractivity contribution in [3.63, 3.8) is 0 Å². The number of hydrogen-bond acceptors (Lipinski definition) is 3. The zero-order valence-electron chi connectivity index (χ0n) is 12.9. The van der Waals surface area contributed by atoms with Gasteiger partial charge in [-0.2, -0.15) is 0 Å². The first-order valence-electron chi connectivity index (χ1n) is 6.98. The van der Waals surface area contributed by atoms with Gasteiger partial charge < -0.3 is 15.2 Å². The fourth-order valence-electron chi connectivity index (χ4n) is 1.66. The van der Waals surface area contributed by atoms with Gasteiger partial charge in [-0.1, -0.05) is 13.8 Å². The minimum atomic E-state index is 0. The molecule has 6 nitrogen and oxygen atoms in total. The Morgan fingerprint density at radius 1 is 1.40 bits per heavy atom. The molecule has 2 N–H and O–H groups in total. The molecule has 0 aromatic carbocycles. The van der Waals surface area contributed by atoms with Gasteiger partial charge in [0.25, 0.3) is 0 Å². The molecule has 116 valence electrons. The van der Waals surface area contributed by atoms with Crippen LogP contribution in [0.2, 0.25) is 0 Å². The summed E-state index contributed by atoms with van der Waals surface area (Å²) >= 11 is 0. The highest BCUT2D eigenvalue weighted by Crippen LogP contribution is 2.01. The van der Waals surface area contributed by atoms with E-state index in [0.29, 0.717) is 6.54 Å². The van der Waals surface area contributed by atoms with Gasteiger partial charge in [-0.25, -0.2) is 4.99 Å². The first-order chi connectivity index (χ1) is 9.13. The summed E-state index contributed by atoms with van der Waals surface area (Å²) in [6.07, 6.45) is 4.08. The average Bonchev–Trinajstić information content (AvgIpc) is 2.77. The Kier molecular flexibility index (Phi) is 10.4. The highest BCUT2D eigenvalue weighted by molar-refractivity contribution is 14.0. The molecule has 0 aliphatic rings. The van der Waals surface area contributed by atoms with Crippen LogP contribution in [-0.2, 0) is 13.6 Å². The molecular weight excluding hydrogens is 367 g/mol. The maximum atomic E-state index is 4.50. The molecular formula is C13H27IN6. The van der Waals surface area contributed by atoms with E-state index in [4.69, 9.17) is 0 Å². The van der Waals surface area contributed by atoms with Crippen LogP contribution in [0.3, 0.4) is 0 Å². The van der Waals surface area contributed by atoms with E-state index >= 15 is 0 Å². The van der Waals surface area contributed by atoms with Crippen LogP contribution in [0.4, 0.5) is 0 Å². The lowest BCUT2D eigenvalue weighted by Crippen LogP contribution is -2.37. The van der Waals surface area contributed by atoms with E-state index in [9.17, 15) is 0 Å². The largest absolute Gasteiger partial charge is 0.357 e. The average molecular weight is 394 g/mol. The van der Waals surface area contributed by atoms with E-state index in [1.165, 1.54) is 6.42 Å². The quantitative estimate of drug-likeness (QED) is 0.321. The molecule has 0 atom stereocenters. The lowest BCUT2D eigenvalue weighted by atomic mass is 10.1. The summed E-state index contributed by atoms with van der Waals surface area (Å²) in [4.78, 5) is 4.50. The number of rotatable bonds is 7. The Bertz CT molecular complexity index is 388. The molecule has 0 spiro atoms. The first kappa shape index (κ1) is 19.1. The van der Waals surface area contributed by atoms with Gasteiger partial charge in [0.2, 0.25) is 0 Å². The smallest absolute Gasteiger partial charge is 0.191 e. The lowest BCUT2D eigenvalue weighted by Gasteiger charge is -2.11. The van der Waals surface area contributed by atoms with E-state index in [1.54, 1.807) is 6.33 Å². The van der Waals surface area contributed by atoms with Crippen LogP contribution in [0.5, 0.6) is 0 Å². The van der Waals surface area contributed by atoms with E-state index in [1.807, 2.05) is 11.6 Å². The molecule has 0 unspecified atom stereocenters. The third-order valence-electron chi connectivity index (χ3n) is 2.78. The van der Waals surface area contributed by atoms with Crippen molar-refractivity contribution in [2.24, 2.45) is 18.0 Å². The second kappa shape index (κ2) is 10.9. The Balaban J connectivity index is 0.00000361. The Morgan fingerprint density at radius 3 is 2.70 bits per heavy atom. The number of aryl methyl sites for hydroxylation is 1. The van der Waals surface area contributed by atoms with Gasteiger partial charge >= 0.3 is 0 Å². The summed E-state index contributed by atoms with van der Waals surface area (Å²) in [5.74, 6) is 2.45. The molecule has 7 heteroatoms. The Labute approximate surface area is 138 Å². The molecule has 0 saturated carbocycles. The van der Waals surface area contributed by atoms with E-state index in [2.05, 4.69) is 46.6 Å². The Morgan fingerprint density at radius 2 is 2.15 bits per heavy atom. The molecule has 0 amide bonds. The lowest BCUT2D eigenvalue weighted by molar-refractivity contribution is 0.549. The second-order valence-electron chi connectivity index (χ2n) is 5.02. The number of aromatic nitrogens is 3. The van der Waals surface area contributed by atoms with Crippen molar-refractivity contribution < 1.29 is 0 Å². The van der Waals surface area contributed by atoms with Crippen LogP contribution < -0.4 is 10.6 Å². The van der Waals surface area contributed by atoms with E-state index < -0.39 is 0 Å². The summed E-state index contributed by atoms with van der Waals surface area (Å²) < 4.78 is 1.88. The topological polar surface area (TPSA) is 67.1 Å². The van der Waals surface area contributed by atoms with Gasteiger partial charge in [0, 0.05) is 20.1 Å². The van der Waals surface area contributed by atoms with Crippen molar-refractivity contribution >= 4 is 29.9 Å². The van der Waals surface area contributed by atoms with Crippen molar-refractivity contribution in [3.8, 4) is 0 Å². The van der Waals surface area contributed by atoms with Crippen LogP contribution in [0.1, 0.15) is 39.4 Å². The molecule has 0 radical (unpaired) electrons. The zero-order valence-corrected chi connectivity index (χ0v) is 15.2. The molecule has 1 heterocycles. The van der Waals surface area contributed by atoms with Crippen molar-refractivity contribution in [3.05, 3.63) is 12.2 Å². The van der Waals surface area contributed by atoms with Crippen molar-refractivity contribution in [2.75, 3.05) is 13.1 Å². The molecule has 0 aliphatic heterocycles. The summed E-state index contributed by atoms with van der Waals surface area (Å²) in [6, 6.07) is 0. The number of nitrogens with one attached hydrogen (secondary N) is 2. The van der Waals surface area contributed by atoms with Crippen LogP contribution in [0, 0.1) is 5.92 Å². The molecule has 0 aliphatic carbocycles. The highest BCUT2D eigenvalue weighted by Gasteiger charge is 2.01. The molecule has 0 saturated heterocycles. The summed E-state index contributed by atoms with van der Waals surface area (Å²) in [6.45, 7) is 8.89. The van der Waals surface area contributed by atoms with Crippen molar-refractivity contribution in [1.29, 1.82) is 0 Å². The third-order valence-corrected chi connectivity index (χ3v) is 2.78. The van der Waals surface area contributed by atoms with Gasteiger partial charge in [0.05, 0.1) is 0 Å². The predicted molar refractivity (Wildman–Crippen MR) is 93.3 cm³/mol. The molecule has 1 rings (SSSR count). The van der Waals surface area contributed by atoms with Crippen LogP contribution in [0.15, 0.2) is 11.3 Å². The predicted octanol–water partition coefficient (Wildman–Crippen LogP) is 1.92. The molecule has 20 heavy (non-hydrogen) atoms. The molecule has 0 fully saturated rings. The fourth-order valence-corrected chi connectivity index (χ4v) is 1.66. The van der Waals surface area contributed by atoms with Gasteiger partial charge in [-0.3, -0.25) is 0 Å². The van der Waals surface area contributed by atoms with E-state index in [-0.39, 0.29) is 24.0 Å². The standard InChI is InChI=1S/C13H26N6.HI/c1-5-14-13(15-8-6-7-11(2)3)16-9-12-18-17-10-19(12)4;/h10-11H,5-9H2,1-4H3,(H2,14,15,16);1H. The van der Waals surface area contributed by atoms with Crippen LogP contribution in [0.25, 0.3) is 0 Å². The van der Waals surface area contributed by atoms with Gasteiger partial charge in [-0.05, 0) is 25.7 Å². The maximum absolute atomic E-state index is 4.50. The fraction of sp³-hybridized carbons (Fsp3) is 0.769. The highest BCUT2D eigenvalue weighted by atomic mass is 127. The molecule has 0 bridgehead atoms. The zero-order chi connectivity index (χ0) is 14.1. The number of nitrogens with zero attached hydrogens (tertiary/aromatic N) is 4.